The highest BCUT2D eigenvalue weighted by atomic mass is 16.4. The van der Waals surface area contributed by atoms with E-state index in [0.29, 0.717) is 17.4 Å². The van der Waals surface area contributed by atoms with Gasteiger partial charge in [-0.2, -0.15) is 0 Å². The molecule has 0 bridgehead atoms. The summed E-state index contributed by atoms with van der Waals surface area (Å²) in [7, 11) is 0. The molecule has 17 heavy (non-hydrogen) atoms. The Labute approximate surface area is 100 Å². The fraction of sp³-hybridized carbons (Fsp3) is 0.545. The number of rotatable bonds is 2. The van der Waals surface area contributed by atoms with Crippen LogP contribution in [0.5, 0.6) is 0 Å². The highest BCUT2D eigenvalue weighted by Crippen LogP contribution is 2.22. The Morgan fingerprint density at radius 2 is 2.29 bits per heavy atom. The summed E-state index contributed by atoms with van der Waals surface area (Å²) in [6, 6.07) is 0. The maximum atomic E-state index is 8.74. The number of nitrogens with two attached hydrogens (primary N) is 1. The summed E-state index contributed by atoms with van der Waals surface area (Å²) in [6.45, 7) is 4.09. The lowest BCUT2D eigenvalue weighted by molar-refractivity contribution is 0.318. The van der Waals surface area contributed by atoms with Gasteiger partial charge in [0.05, 0.1) is 0 Å². The van der Waals surface area contributed by atoms with Gasteiger partial charge in [-0.25, -0.2) is 9.97 Å². The minimum Gasteiger partial charge on any atom is -0.409 e. The van der Waals surface area contributed by atoms with Gasteiger partial charge in [0.25, 0.3) is 0 Å². The van der Waals surface area contributed by atoms with E-state index >= 15 is 0 Å². The Morgan fingerprint density at radius 3 is 3.00 bits per heavy atom. The molecular weight excluding hydrogens is 218 g/mol. The van der Waals surface area contributed by atoms with Crippen LogP contribution in [0.15, 0.2) is 17.5 Å². The van der Waals surface area contributed by atoms with Crippen molar-refractivity contribution in [1.82, 2.24) is 9.97 Å². The number of amidine groups is 1. The molecular formula is C11H17N5O. The predicted molar refractivity (Wildman–Crippen MR) is 65.2 cm³/mol. The topological polar surface area (TPSA) is 87.6 Å². The molecule has 0 aromatic carbocycles. The summed E-state index contributed by atoms with van der Waals surface area (Å²) in [4.78, 5) is 10.6. The molecule has 1 fully saturated rings. The highest BCUT2D eigenvalue weighted by Gasteiger charge is 2.21. The van der Waals surface area contributed by atoms with Crippen molar-refractivity contribution in [1.29, 1.82) is 0 Å². The number of hydrogen-bond donors (Lipinski definition) is 2. The molecule has 1 aromatic rings. The Hall–Kier alpha value is -1.85. The van der Waals surface area contributed by atoms with Crippen LogP contribution in [0.2, 0.25) is 0 Å². The van der Waals surface area contributed by atoms with Crippen LogP contribution in [0.25, 0.3) is 0 Å². The highest BCUT2D eigenvalue weighted by molar-refractivity contribution is 5.99. The zero-order valence-corrected chi connectivity index (χ0v) is 9.87. The summed E-state index contributed by atoms with van der Waals surface area (Å²) in [5.74, 6) is 1.34. The van der Waals surface area contributed by atoms with Gasteiger partial charge in [-0.15, -0.1) is 0 Å². The molecule has 1 aliphatic heterocycles. The van der Waals surface area contributed by atoms with Gasteiger partial charge < -0.3 is 15.8 Å². The second-order valence-electron chi connectivity index (χ2n) is 4.41. The third-order valence-electron chi connectivity index (χ3n) is 2.99. The first-order valence-electron chi connectivity index (χ1n) is 5.76. The molecule has 0 radical (unpaired) electrons. The van der Waals surface area contributed by atoms with Crippen LogP contribution in [0, 0.1) is 5.92 Å². The summed E-state index contributed by atoms with van der Waals surface area (Å²) in [5, 5.41) is 11.7. The first-order valence-corrected chi connectivity index (χ1v) is 5.76. The second-order valence-corrected chi connectivity index (χ2v) is 4.41. The average molecular weight is 235 g/mol. The van der Waals surface area contributed by atoms with Crippen molar-refractivity contribution in [2.24, 2.45) is 16.8 Å². The SMILES string of the molecule is CC1CCCN(c2nccnc2/C(N)=N/O)C1. The number of anilines is 1. The third kappa shape index (κ3) is 2.46. The molecule has 1 unspecified atom stereocenters. The molecule has 3 N–H and O–H groups in total. The predicted octanol–water partition coefficient (Wildman–Crippen LogP) is 0.807. The molecule has 0 aliphatic carbocycles. The van der Waals surface area contributed by atoms with E-state index in [1.165, 1.54) is 6.42 Å². The van der Waals surface area contributed by atoms with Gasteiger partial charge in [0.1, 0.15) is 0 Å². The van der Waals surface area contributed by atoms with E-state index in [2.05, 4.69) is 26.9 Å². The monoisotopic (exact) mass is 235 g/mol. The van der Waals surface area contributed by atoms with Crippen molar-refractivity contribution in [3.8, 4) is 0 Å². The standard InChI is InChI=1S/C11H17N5O/c1-8-3-2-6-16(7-8)11-9(10(12)15-17)13-4-5-14-11/h4-5,8,17H,2-3,6-7H2,1H3,(H2,12,15). The normalized spacial score (nSPS) is 21.6. The Bertz CT molecular complexity index is 420. The molecule has 1 saturated heterocycles. The first-order chi connectivity index (χ1) is 8.22. The van der Waals surface area contributed by atoms with Crippen LogP contribution < -0.4 is 10.6 Å². The second kappa shape index (κ2) is 4.99. The molecule has 6 nitrogen and oxygen atoms in total. The molecule has 1 aromatic heterocycles. The van der Waals surface area contributed by atoms with E-state index in [0.717, 1.165) is 19.5 Å². The average Bonchev–Trinajstić information content (AvgIpc) is 2.38. The van der Waals surface area contributed by atoms with E-state index in [9.17, 15) is 0 Å². The van der Waals surface area contributed by atoms with E-state index < -0.39 is 0 Å². The molecule has 1 aliphatic rings. The van der Waals surface area contributed by atoms with Gasteiger partial charge in [-0.1, -0.05) is 12.1 Å². The quantitative estimate of drug-likeness (QED) is 0.343. The minimum atomic E-state index is 0.00586. The number of aromatic nitrogens is 2. The van der Waals surface area contributed by atoms with Crippen molar-refractivity contribution in [3.63, 3.8) is 0 Å². The van der Waals surface area contributed by atoms with Gasteiger partial charge in [0, 0.05) is 25.5 Å². The molecule has 2 rings (SSSR count). The van der Waals surface area contributed by atoms with Gasteiger partial charge in [-0.3, -0.25) is 0 Å². The van der Waals surface area contributed by atoms with Gasteiger partial charge >= 0.3 is 0 Å². The molecule has 0 amide bonds. The van der Waals surface area contributed by atoms with E-state index in [1.54, 1.807) is 12.4 Å². The number of nitrogens with zero attached hydrogens (tertiary/aromatic N) is 4. The number of hydrogen-bond acceptors (Lipinski definition) is 5. The van der Waals surface area contributed by atoms with Gasteiger partial charge in [0.2, 0.25) is 0 Å². The summed E-state index contributed by atoms with van der Waals surface area (Å²) < 4.78 is 0. The number of oxime groups is 1. The van der Waals surface area contributed by atoms with Gasteiger partial charge in [-0.05, 0) is 18.8 Å². The Kier molecular flexibility index (Phi) is 3.41. The lowest BCUT2D eigenvalue weighted by Crippen LogP contribution is -2.36. The first kappa shape index (κ1) is 11.6. The lowest BCUT2D eigenvalue weighted by Gasteiger charge is -2.32. The van der Waals surface area contributed by atoms with E-state index in [-0.39, 0.29) is 5.84 Å². The molecule has 92 valence electrons. The van der Waals surface area contributed by atoms with Crippen molar-refractivity contribution in [2.45, 2.75) is 19.8 Å². The van der Waals surface area contributed by atoms with Crippen LogP contribution in [-0.4, -0.2) is 34.1 Å². The van der Waals surface area contributed by atoms with E-state index in [4.69, 9.17) is 10.9 Å². The van der Waals surface area contributed by atoms with Gasteiger partial charge in [0.15, 0.2) is 17.3 Å². The summed E-state index contributed by atoms with van der Waals surface area (Å²) in [5.41, 5.74) is 6.06. The van der Waals surface area contributed by atoms with Crippen LogP contribution in [0.1, 0.15) is 25.5 Å². The van der Waals surface area contributed by atoms with Crippen LogP contribution >= 0.6 is 0 Å². The lowest BCUT2D eigenvalue weighted by atomic mass is 10.0. The van der Waals surface area contributed by atoms with Crippen LogP contribution in [0.4, 0.5) is 5.82 Å². The molecule has 2 heterocycles. The van der Waals surface area contributed by atoms with E-state index in [1.807, 2.05) is 0 Å². The molecule has 0 saturated carbocycles. The van der Waals surface area contributed by atoms with Crippen LogP contribution in [0.3, 0.4) is 0 Å². The third-order valence-corrected chi connectivity index (χ3v) is 2.99. The van der Waals surface area contributed by atoms with Crippen molar-refractivity contribution in [2.75, 3.05) is 18.0 Å². The van der Waals surface area contributed by atoms with Crippen LogP contribution in [-0.2, 0) is 0 Å². The maximum absolute atomic E-state index is 8.74. The van der Waals surface area contributed by atoms with Crippen molar-refractivity contribution in [3.05, 3.63) is 18.1 Å². The zero-order valence-electron chi connectivity index (χ0n) is 9.87. The van der Waals surface area contributed by atoms with Crippen molar-refractivity contribution >= 4 is 11.7 Å². The fourth-order valence-corrected chi connectivity index (χ4v) is 2.17. The smallest absolute Gasteiger partial charge is 0.192 e. The maximum Gasteiger partial charge on any atom is 0.192 e. The largest absolute Gasteiger partial charge is 0.409 e. The zero-order chi connectivity index (χ0) is 12.3. The fourth-order valence-electron chi connectivity index (χ4n) is 2.17. The number of piperidine rings is 1. The Morgan fingerprint density at radius 1 is 1.53 bits per heavy atom. The Balaban J connectivity index is 2.31. The molecule has 0 spiro atoms. The summed E-state index contributed by atoms with van der Waals surface area (Å²) in [6.07, 6.45) is 5.54. The molecule has 1 atom stereocenters. The van der Waals surface area contributed by atoms with Crippen molar-refractivity contribution < 1.29 is 5.21 Å². The minimum absolute atomic E-state index is 0.00586. The summed E-state index contributed by atoms with van der Waals surface area (Å²) >= 11 is 0. The molecule has 6 heteroatoms.